The van der Waals surface area contributed by atoms with Crippen molar-refractivity contribution in [3.63, 3.8) is 0 Å². The number of carbonyl (C=O) groups is 2. The molecule has 0 aliphatic heterocycles. The first-order chi connectivity index (χ1) is 9.10. The first kappa shape index (κ1) is 13.6. The Bertz CT molecular complexity index is 624. The molecule has 1 N–H and O–H groups in total. The summed E-state index contributed by atoms with van der Waals surface area (Å²) in [6, 6.07) is 11.2. The third-order valence-electron chi connectivity index (χ3n) is 2.48. The normalized spacial score (nSPS) is 10.0. The van der Waals surface area contributed by atoms with E-state index in [1.807, 2.05) is 0 Å². The second-order valence-corrected chi connectivity index (χ2v) is 4.66. The van der Waals surface area contributed by atoms with Gasteiger partial charge in [-0.15, -0.1) is 0 Å². The van der Waals surface area contributed by atoms with Crippen LogP contribution in [0.5, 0.6) is 0 Å². The van der Waals surface area contributed by atoms with Crippen LogP contribution in [0.25, 0.3) is 0 Å². The second kappa shape index (κ2) is 5.87. The molecule has 0 aromatic heterocycles. The first-order valence-electron chi connectivity index (χ1n) is 5.42. The number of anilines is 1. The van der Waals surface area contributed by atoms with Crippen LogP contribution in [-0.4, -0.2) is 12.2 Å². The van der Waals surface area contributed by atoms with Gasteiger partial charge in [0.15, 0.2) is 0 Å². The molecule has 2 aromatic carbocycles. The standard InChI is InChI=1S/C14H9Cl2NO2/c15-10-3-6-13(16)12(7-10)14(19)17-11-4-1-9(8-18)2-5-11/h1-8H,(H,17,19). The van der Waals surface area contributed by atoms with Crippen molar-refractivity contribution in [3.8, 4) is 0 Å². The number of halogens is 2. The smallest absolute Gasteiger partial charge is 0.257 e. The molecule has 0 saturated carbocycles. The molecule has 19 heavy (non-hydrogen) atoms. The highest BCUT2D eigenvalue weighted by Crippen LogP contribution is 2.21. The number of rotatable bonds is 3. The topological polar surface area (TPSA) is 46.2 Å². The lowest BCUT2D eigenvalue weighted by molar-refractivity contribution is 0.102. The van der Waals surface area contributed by atoms with Gasteiger partial charge in [-0.1, -0.05) is 23.2 Å². The molecule has 0 bridgehead atoms. The second-order valence-electron chi connectivity index (χ2n) is 3.82. The molecule has 0 fully saturated rings. The lowest BCUT2D eigenvalue weighted by atomic mass is 10.2. The van der Waals surface area contributed by atoms with E-state index in [1.54, 1.807) is 36.4 Å². The van der Waals surface area contributed by atoms with E-state index in [1.165, 1.54) is 6.07 Å². The van der Waals surface area contributed by atoms with Crippen molar-refractivity contribution in [2.75, 3.05) is 5.32 Å². The van der Waals surface area contributed by atoms with Gasteiger partial charge in [0.25, 0.3) is 5.91 Å². The van der Waals surface area contributed by atoms with Crippen LogP contribution in [0.4, 0.5) is 5.69 Å². The Morgan fingerprint density at radius 2 is 1.74 bits per heavy atom. The molecule has 1 amide bonds. The summed E-state index contributed by atoms with van der Waals surface area (Å²) in [5.41, 5.74) is 1.42. The maximum Gasteiger partial charge on any atom is 0.257 e. The molecular formula is C14H9Cl2NO2. The predicted molar refractivity (Wildman–Crippen MR) is 76.2 cm³/mol. The Morgan fingerprint density at radius 1 is 1.05 bits per heavy atom. The van der Waals surface area contributed by atoms with E-state index in [9.17, 15) is 9.59 Å². The summed E-state index contributed by atoms with van der Waals surface area (Å²) in [7, 11) is 0. The van der Waals surface area contributed by atoms with Gasteiger partial charge in [-0.3, -0.25) is 9.59 Å². The van der Waals surface area contributed by atoms with Crippen LogP contribution in [0.3, 0.4) is 0 Å². The highest BCUT2D eigenvalue weighted by Gasteiger charge is 2.11. The van der Waals surface area contributed by atoms with Gasteiger partial charge in [0.05, 0.1) is 10.6 Å². The highest BCUT2D eigenvalue weighted by molar-refractivity contribution is 6.36. The van der Waals surface area contributed by atoms with Crippen molar-refractivity contribution in [3.05, 3.63) is 63.6 Å². The molecule has 5 heteroatoms. The van der Waals surface area contributed by atoms with E-state index in [-0.39, 0.29) is 5.91 Å². The maximum absolute atomic E-state index is 12.0. The molecule has 3 nitrogen and oxygen atoms in total. The summed E-state index contributed by atoms with van der Waals surface area (Å²) in [6.07, 6.45) is 0.736. The zero-order valence-corrected chi connectivity index (χ0v) is 11.2. The van der Waals surface area contributed by atoms with E-state index in [2.05, 4.69) is 5.32 Å². The molecule has 0 aliphatic rings. The van der Waals surface area contributed by atoms with E-state index in [0.717, 1.165) is 6.29 Å². The van der Waals surface area contributed by atoms with Crippen LogP contribution >= 0.6 is 23.2 Å². The van der Waals surface area contributed by atoms with Crippen LogP contribution in [0.1, 0.15) is 20.7 Å². The molecule has 0 spiro atoms. The van der Waals surface area contributed by atoms with E-state index in [0.29, 0.717) is 26.9 Å². The van der Waals surface area contributed by atoms with Crippen LogP contribution in [0.2, 0.25) is 10.0 Å². The van der Waals surface area contributed by atoms with Crippen molar-refractivity contribution in [1.29, 1.82) is 0 Å². The van der Waals surface area contributed by atoms with Gasteiger partial charge in [0.2, 0.25) is 0 Å². The summed E-state index contributed by atoms with van der Waals surface area (Å²) in [6.45, 7) is 0. The third kappa shape index (κ3) is 3.34. The molecule has 0 saturated heterocycles. The Kier molecular flexibility index (Phi) is 4.20. The van der Waals surface area contributed by atoms with Crippen LogP contribution in [-0.2, 0) is 0 Å². The molecule has 0 aliphatic carbocycles. The monoisotopic (exact) mass is 293 g/mol. The van der Waals surface area contributed by atoms with Crippen molar-refractivity contribution in [1.82, 2.24) is 0 Å². The van der Waals surface area contributed by atoms with Crippen LogP contribution in [0, 0.1) is 0 Å². The lowest BCUT2D eigenvalue weighted by Crippen LogP contribution is -2.12. The lowest BCUT2D eigenvalue weighted by Gasteiger charge is -2.07. The summed E-state index contributed by atoms with van der Waals surface area (Å²) in [4.78, 5) is 22.5. The fourth-order valence-electron chi connectivity index (χ4n) is 1.51. The van der Waals surface area contributed by atoms with Gasteiger partial charge >= 0.3 is 0 Å². The molecule has 0 radical (unpaired) electrons. The Morgan fingerprint density at radius 3 is 2.37 bits per heavy atom. The van der Waals surface area contributed by atoms with Crippen molar-refractivity contribution in [2.45, 2.75) is 0 Å². The zero-order chi connectivity index (χ0) is 13.8. The molecule has 2 aromatic rings. The zero-order valence-electron chi connectivity index (χ0n) is 9.69. The fourth-order valence-corrected chi connectivity index (χ4v) is 1.89. The number of hydrogen-bond acceptors (Lipinski definition) is 2. The molecule has 0 unspecified atom stereocenters. The van der Waals surface area contributed by atoms with Crippen LogP contribution in [0.15, 0.2) is 42.5 Å². The maximum atomic E-state index is 12.0. The molecule has 96 valence electrons. The molecular weight excluding hydrogens is 285 g/mol. The molecule has 0 heterocycles. The van der Waals surface area contributed by atoms with Crippen LogP contribution < -0.4 is 5.32 Å². The first-order valence-corrected chi connectivity index (χ1v) is 6.17. The molecule has 0 atom stereocenters. The van der Waals surface area contributed by atoms with Gasteiger partial charge in [-0.25, -0.2) is 0 Å². The Hall–Kier alpha value is -1.84. The SMILES string of the molecule is O=Cc1ccc(NC(=O)c2cc(Cl)ccc2Cl)cc1. The van der Waals surface area contributed by atoms with Gasteiger partial charge < -0.3 is 5.32 Å². The van der Waals surface area contributed by atoms with Gasteiger partial charge in [-0.2, -0.15) is 0 Å². The summed E-state index contributed by atoms with van der Waals surface area (Å²) >= 11 is 11.8. The summed E-state index contributed by atoms with van der Waals surface area (Å²) in [5.74, 6) is -0.355. The van der Waals surface area contributed by atoms with E-state index >= 15 is 0 Å². The fraction of sp³-hybridized carbons (Fsp3) is 0. The number of benzene rings is 2. The number of amides is 1. The average Bonchev–Trinajstić information content (AvgIpc) is 2.42. The minimum Gasteiger partial charge on any atom is -0.322 e. The highest BCUT2D eigenvalue weighted by atomic mass is 35.5. The van der Waals surface area contributed by atoms with Crippen molar-refractivity contribution >= 4 is 41.1 Å². The minimum atomic E-state index is -0.355. The van der Waals surface area contributed by atoms with E-state index < -0.39 is 0 Å². The number of hydrogen-bond donors (Lipinski definition) is 1. The van der Waals surface area contributed by atoms with Gasteiger partial charge in [0, 0.05) is 16.3 Å². The number of aldehydes is 1. The number of nitrogens with one attached hydrogen (secondary N) is 1. The number of carbonyl (C=O) groups excluding carboxylic acids is 2. The molecule has 2 rings (SSSR count). The van der Waals surface area contributed by atoms with Crippen molar-refractivity contribution < 1.29 is 9.59 Å². The Labute approximate surface area is 120 Å². The quantitative estimate of drug-likeness (QED) is 0.868. The third-order valence-corrected chi connectivity index (χ3v) is 3.04. The average molecular weight is 294 g/mol. The summed E-state index contributed by atoms with van der Waals surface area (Å²) in [5, 5.41) is 3.44. The summed E-state index contributed by atoms with van der Waals surface area (Å²) < 4.78 is 0. The van der Waals surface area contributed by atoms with E-state index in [4.69, 9.17) is 23.2 Å². The largest absolute Gasteiger partial charge is 0.322 e. The van der Waals surface area contributed by atoms with Gasteiger partial charge in [-0.05, 0) is 42.5 Å². The van der Waals surface area contributed by atoms with Gasteiger partial charge in [0.1, 0.15) is 6.29 Å². The Balaban J connectivity index is 2.20. The van der Waals surface area contributed by atoms with Crippen molar-refractivity contribution in [2.24, 2.45) is 0 Å². The minimum absolute atomic E-state index is 0.300. The predicted octanol–water partition coefficient (Wildman–Crippen LogP) is 4.06.